The minimum absolute atomic E-state index is 0.149. The molecule has 2 heterocycles. The fourth-order valence-corrected chi connectivity index (χ4v) is 5.05. The number of aromatic nitrogens is 1. The third kappa shape index (κ3) is 4.08. The first-order chi connectivity index (χ1) is 17.0. The first kappa shape index (κ1) is 22.5. The van der Waals surface area contributed by atoms with Gasteiger partial charge in [-0.15, -0.1) is 6.58 Å². The molecule has 0 bridgehead atoms. The van der Waals surface area contributed by atoms with Crippen LogP contribution >= 0.6 is 11.3 Å². The molecule has 174 valence electrons. The molecule has 0 unspecified atom stereocenters. The van der Waals surface area contributed by atoms with Crippen molar-refractivity contribution in [3.05, 3.63) is 99.7 Å². The van der Waals surface area contributed by atoms with E-state index in [1.807, 2.05) is 30.3 Å². The molecule has 5 rings (SSSR count). The van der Waals surface area contributed by atoms with Crippen molar-refractivity contribution in [3.63, 3.8) is 0 Å². The summed E-state index contributed by atoms with van der Waals surface area (Å²) in [6.45, 7) is 6.20. The van der Waals surface area contributed by atoms with Gasteiger partial charge in [0.1, 0.15) is 11.1 Å². The summed E-state index contributed by atoms with van der Waals surface area (Å²) in [5.41, 5.74) is 0.698. The van der Waals surface area contributed by atoms with Crippen molar-refractivity contribution in [2.45, 2.75) is 13.5 Å². The van der Waals surface area contributed by atoms with Gasteiger partial charge in [0.05, 0.1) is 22.4 Å². The average Bonchev–Trinajstić information content (AvgIpc) is 3.19. The zero-order chi connectivity index (χ0) is 24.5. The Morgan fingerprint density at radius 3 is 2.74 bits per heavy atom. The first-order valence-corrected chi connectivity index (χ1v) is 11.8. The molecule has 0 aliphatic carbocycles. The van der Waals surface area contributed by atoms with Crippen molar-refractivity contribution in [1.82, 2.24) is 4.57 Å². The molecule has 0 N–H and O–H groups in total. The number of hydrogen-bond donors (Lipinski definition) is 0. The lowest BCUT2D eigenvalue weighted by molar-refractivity contribution is 0.0526. The van der Waals surface area contributed by atoms with Crippen LogP contribution in [0.25, 0.3) is 32.0 Å². The number of carbonyl (C=O) groups is 2. The first-order valence-electron chi connectivity index (χ1n) is 11.0. The maximum Gasteiger partial charge on any atom is 0.349 e. The minimum Gasteiger partial charge on any atom is -0.462 e. The van der Waals surface area contributed by atoms with E-state index in [1.54, 1.807) is 47.9 Å². The van der Waals surface area contributed by atoms with Crippen molar-refractivity contribution in [2.75, 3.05) is 6.61 Å². The van der Waals surface area contributed by atoms with E-state index < -0.39 is 17.5 Å². The van der Waals surface area contributed by atoms with Gasteiger partial charge in [-0.1, -0.05) is 47.7 Å². The van der Waals surface area contributed by atoms with Crippen LogP contribution in [0.1, 0.15) is 27.6 Å². The van der Waals surface area contributed by atoms with Gasteiger partial charge < -0.3 is 13.7 Å². The van der Waals surface area contributed by atoms with E-state index in [4.69, 9.17) is 9.15 Å². The van der Waals surface area contributed by atoms with Crippen LogP contribution in [0.2, 0.25) is 0 Å². The van der Waals surface area contributed by atoms with Gasteiger partial charge in [-0.25, -0.2) is 9.59 Å². The molecule has 2 aromatic heterocycles. The monoisotopic (exact) mass is 484 g/mol. The number of fused-ring (bicyclic) bond motifs is 4. The van der Waals surface area contributed by atoms with Crippen LogP contribution in [0.4, 0.5) is 0 Å². The average molecular weight is 485 g/mol. The fourth-order valence-electron chi connectivity index (χ4n) is 3.97. The zero-order valence-electron chi connectivity index (χ0n) is 18.8. The van der Waals surface area contributed by atoms with Gasteiger partial charge in [-0.3, -0.25) is 4.79 Å². The zero-order valence-corrected chi connectivity index (χ0v) is 19.6. The molecular formula is C27H20N2O5S. The van der Waals surface area contributed by atoms with Crippen molar-refractivity contribution >= 4 is 55.2 Å². The van der Waals surface area contributed by atoms with Crippen molar-refractivity contribution < 1.29 is 18.7 Å². The van der Waals surface area contributed by atoms with Gasteiger partial charge in [-0.05, 0) is 48.0 Å². The second-order valence-electron chi connectivity index (χ2n) is 7.75. The van der Waals surface area contributed by atoms with Crippen LogP contribution in [0.15, 0.2) is 87.5 Å². The normalized spacial score (nSPS) is 11.9. The summed E-state index contributed by atoms with van der Waals surface area (Å²) < 4.78 is 13.1. The summed E-state index contributed by atoms with van der Waals surface area (Å²) in [6, 6.07) is 17.9. The van der Waals surface area contributed by atoms with Crippen LogP contribution in [0.5, 0.6) is 0 Å². The van der Waals surface area contributed by atoms with Crippen molar-refractivity contribution in [1.29, 1.82) is 0 Å². The Bertz CT molecular complexity index is 1770. The van der Waals surface area contributed by atoms with Gasteiger partial charge >= 0.3 is 11.6 Å². The van der Waals surface area contributed by atoms with Crippen molar-refractivity contribution in [2.24, 2.45) is 4.99 Å². The van der Waals surface area contributed by atoms with Gasteiger partial charge in [0, 0.05) is 11.9 Å². The topological polar surface area (TPSA) is 90.9 Å². The quantitative estimate of drug-likeness (QED) is 0.150. The van der Waals surface area contributed by atoms with Gasteiger partial charge in [0.25, 0.3) is 5.91 Å². The molecule has 8 heteroatoms. The van der Waals surface area contributed by atoms with E-state index >= 15 is 0 Å². The second kappa shape index (κ2) is 9.15. The minimum atomic E-state index is -0.748. The summed E-state index contributed by atoms with van der Waals surface area (Å²) >= 11 is 1.24. The highest BCUT2D eigenvalue weighted by atomic mass is 32.1. The number of nitrogens with zero attached hydrogens (tertiary/aromatic N) is 2. The standard InChI is InChI=1S/C27H20N2O5S/c1-3-13-29-21-11-9-17(25(31)33-4-2)14-23(21)35-27(29)28-24(30)20-15-19-18-8-6-5-7-16(18)10-12-22(19)34-26(20)32/h3,5-12,14-15H,1,4,13H2,2H3. The Morgan fingerprint density at radius 1 is 1.11 bits per heavy atom. The Kier molecular flexibility index (Phi) is 5.88. The summed E-state index contributed by atoms with van der Waals surface area (Å²) in [4.78, 5) is 42.6. The number of hydrogen-bond acceptors (Lipinski definition) is 6. The predicted molar refractivity (Wildman–Crippen MR) is 136 cm³/mol. The molecule has 0 aliphatic heterocycles. The summed E-state index contributed by atoms with van der Waals surface area (Å²) in [5.74, 6) is -1.13. The number of benzene rings is 3. The molecule has 0 saturated carbocycles. The molecule has 7 nitrogen and oxygen atoms in total. The van der Waals surface area contributed by atoms with Gasteiger partial charge in [0.15, 0.2) is 4.80 Å². The number of thiazole rings is 1. The van der Waals surface area contributed by atoms with Gasteiger partial charge in [-0.2, -0.15) is 4.99 Å². The third-order valence-electron chi connectivity index (χ3n) is 5.58. The van der Waals surface area contributed by atoms with Gasteiger partial charge in [0.2, 0.25) is 0 Å². The van der Waals surface area contributed by atoms with Crippen LogP contribution < -0.4 is 10.4 Å². The number of rotatable bonds is 5. The molecule has 5 aromatic rings. The fraction of sp³-hybridized carbons (Fsp3) is 0.111. The van der Waals surface area contributed by atoms with E-state index in [0.717, 1.165) is 21.0 Å². The highest BCUT2D eigenvalue weighted by Crippen LogP contribution is 2.25. The lowest BCUT2D eigenvalue weighted by Gasteiger charge is -2.04. The molecule has 0 atom stereocenters. The molecule has 0 fully saturated rings. The summed E-state index contributed by atoms with van der Waals surface area (Å²) in [7, 11) is 0. The molecule has 1 amide bonds. The van der Waals surface area contributed by atoms with E-state index in [2.05, 4.69) is 11.6 Å². The maximum atomic E-state index is 13.2. The highest BCUT2D eigenvalue weighted by Gasteiger charge is 2.16. The van der Waals surface area contributed by atoms with Crippen LogP contribution in [0, 0.1) is 0 Å². The molecule has 0 aliphatic rings. The van der Waals surface area contributed by atoms with E-state index in [0.29, 0.717) is 27.9 Å². The third-order valence-corrected chi connectivity index (χ3v) is 6.62. The Labute approximate surface area is 203 Å². The molecule has 3 aromatic carbocycles. The lowest BCUT2D eigenvalue weighted by Crippen LogP contribution is -2.19. The Hall–Kier alpha value is -4.30. The van der Waals surface area contributed by atoms with E-state index in [9.17, 15) is 14.4 Å². The maximum absolute atomic E-state index is 13.2. The van der Waals surface area contributed by atoms with Crippen LogP contribution in [-0.2, 0) is 11.3 Å². The van der Waals surface area contributed by atoms with E-state index in [1.165, 1.54) is 11.3 Å². The van der Waals surface area contributed by atoms with Crippen molar-refractivity contribution in [3.8, 4) is 0 Å². The Morgan fingerprint density at radius 2 is 1.94 bits per heavy atom. The SMILES string of the molecule is C=CCn1c(=NC(=O)c2cc3c(ccc4ccccc43)oc2=O)sc2cc(C(=O)OCC)ccc21. The molecule has 0 spiro atoms. The smallest absolute Gasteiger partial charge is 0.349 e. The van der Waals surface area contributed by atoms with E-state index in [-0.39, 0.29) is 12.2 Å². The number of carbonyl (C=O) groups excluding carboxylic acids is 2. The number of amides is 1. The van der Waals surface area contributed by atoms with Crippen LogP contribution in [-0.4, -0.2) is 23.1 Å². The number of ether oxygens (including phenoxy) is 1. The summed E-state index contributed by atoms with van der Waals surface area (Å²) in [6.07, 6.45) is 1.69. The lowest BCUT2D eigenvalue weighted by atomic mass is 10.0. The largest absolute Gasteiger partial charge is 0.462 e. The second-order valence-corrected chi connectivity index (χ2v) is 8.76. The molecular weight excluding hydrogens is 464 g/mol. The summed E-state index contributed by atoms with van der Waals surface area (Å²) in [5, 5.41) is 2.50. The highest BCUT2D eigenvalue weighted by molar-refractivity contribution is 7.16. The molecule has 35 heavy (non-hydrogen) atoms. The van der Waals surface area contributed by atoms with Crippen LogP contribution in [0.3, 0.4) is 0 Å². The molecule has 0 saturated heterocycles. The molecule has 0 radical (unpaired) electrons. The number of esters is 1. The predicted octanol–water partition coefficient (Wildman–Crippen LogP) is 5.07. The Balaban J connectivity index is 1.66. The number of allylic oxidation sites excluding steroid dienone is 1.